The number of nitrogens with two attached hydrogens (primary N) is 1. The zero-order valence-corrected chi connectivity index (χ0v) is 10.3. The van der Waals surface area contributed by atoms with Crippen molar-refractivity contribution in [3.8, 4) is 0 Å². The molecule has 1 aliphatic carbocycles. The summed E-state index contributed by atoms with van der Waals surface area (Å²) in [5.74, 6) is 0.379. The largest absolute Gasteiger partial charge is 0.369 e. The first-order chi connectivity index (χ1) is 8.72. The zero-order chi connectivity index (χ0) is 12.5. The average Bonchev–Trinajstić information content (AvgIpc) is 3.05. The summed E-state index contributed by atoms with van der Waals surface area (Å²) in [6, 6.07) is 10.2. The van der Waals surface area contributed by atoms with E-state index in [0.29, 0.717) is 11.1 Å². The van der Waals surface area contributed by atoms with Crippen molar-refractivity contribution < 1.29 is 0 Å². The summed E-state index contributed by atoms with van der Waals surface area (Å²) in [6.45, 7) is 0. The lowest BCUT2D eigenvalue weighted by Gasteiger charge is -1.86. The number of aromatic nitrogens is 3. The van der Waals surface area contributed by atoms with Gasteiger partial charge in [-0.2, -0.15) is 0 Å². The van der Waals surface area contributed by atoms with E-state index in [2.05, 4.69) is 39.2 Å². The summed E-state index contributed by atoms with van der Waals surface area (Å²) in [7, 11) is 0. The highest BCUT2D eigenvalue weighted by atomic mass is 35.5. The Kier molecular flexibility index (Phi) is 2.64. The van der Waals surface area contributed by atoms with Crippen molar-refractivity contribution in [3.05, 3.63) is 52.8 Å². The summed E-state index contributed by atoms with van der Waals surface area (Å²) in [4.78, 5) is 10.6. The molecule has 0 saturated carbocycles. The van der Waals surface area contributed by atoms with E-state index in [1.54, 1.807) is 12.3 Å². The topological polar surface area (TPSA) is 67.6 Å². The quantitative estimate of drug-likeness (QED) is 0.477. The predicted octanol–water partition coefficient (Wildman–Crippen LogP) is 2.78. The molecule has 4 rings (SSSR count). The van der Waals surface area contributed by atoms with E-state index in [9.17, 15) is 0 Å². The van der Waals surface area contributed by atoms with Gasteiger partial charge in [-0.3, -0.25) is 0 Å². The van der Waals surface area contributed by atoms with Crippen LogP contribution in [-0.4, -0.2) is 15.0 Å². The molecule has 3 aromatic rings. The number of nitrogens with zero attached hydrogens (tertiary/aromatic N) is 2. The molecule has 0 bridgehead atoms. The SMILES string of the molecule is Nc1nc2cnc(Cl)cc2[nH]1.c1ccc2c(c1)C2. The van der Waals surface area contributed by atoms with Gasteiger partial charge in [-0.05, 0) is 17.5 Å². The molecule has 0 atom stereocenters. The second-order valence-corrected chi connectivity index (χ2v) is 4.48. The third-order valence-electron chi connectivity index (χ3n) is 2.73. The minimum absolute atomic E-state index is 0.379. The van der Waals surface area contributed by atoms with Gasteiger partial charge >= 0.3 is 0 Å². The Morgan fingerprint density at radius 1 is 1.22 bits per heavy atom. The van der Waals surface area contributed by atoms with E-state index in [0.717, 1.165) is 11.0 Å². The van der Waals surface area contributed by atoms with Gasteiger partial charge in [0.2, 0.25) is 0 Å². The minimum atomic E-state index is 0.379. The lowest BCUT2D eigenvalue weighted by atomic mass is 10.4. The van der Waals surface area contributed by atoms with Gasteiger partial charge in [0.05, 0.1) is 11.7 Å². The number of pyridine rings is 1. The molecule has 5 heteroatoms. The number of hydrogen-bond donors (Lipinski definition) is 2. The second kappa shape index (κ2) is 4.31. The molecule has 0 saturated heterocycles. The highest BCUT2D eigenvalue weighted by molar-refractivity contribution is 6.29. The highest BCUT2D eigenvalue weighted by Crippen LogP contribution is 2.25. The molecule has 4 nitrogen and oxygen atoms in total. The first-order valence-corrected chi connectivity index (χ1v) is 5.94. The molecule has 0 radical (unpaired) electrons. The number of hydrogen-bond acceptors (Lipinski definition) is 3. The van der Waals surface area contributed by atoms with E-state index in [1.165, 1.54) is 17.5 Å². The fourth-order valence-corrected chi connectivity index (χ4v) is 1.90. The van der Waals surface area contributed by atoms with Crippen LogP contribution in [0.5, 0.6) is 0 Å². The molecule has 0 amide bonds. The summed E-state index contributed by atoms with van der Waals surface area (Å²) < 4.78 is 0. The number of halogens is 1. The molecule has 18 heavy (non-hydrogen) atoms. The maximum absolute atomic E-state index is 5.63. The molecular weight excluding hydrogens is 248 g/mol. The number of nitrogen functional groups attached to an aromatic ring is 1. The van der Waals surface area contributed by atoms with E-state index in [1.807, 2.05) is 0 Å². The molecule has 2 aromatic heterocycles. The zero-order valence-electron chi connectivity index (χ0n) is 9.52. The number of aromatic amines is 1. The molecular formula is C13H11ClN4. The molecule has 2 heterocycles. The number of H-pyrrole nitrogens is 1. The van der Waals surface area contributed by atoms with Gasteiger partial charge < -0.3 is 10.7 Å². The van der Waals surface area contributed by atoms with Crippen molar-refractivity contribution in [1.82, 2.24) is 15.0 Å². The van der Waals surface area contributed by atoms with E-state index >= 15 is 0 Å². The van der Waals surface area contributed by atoms with E-state index in [-0.39, 0.29) is 0 Å². The summed E-state index contributed by atoms with van der Waals surface area (Å²) in [6.07, 6.45) is 2.82. The Bertz CT molecular complexity index is 684. The Hall–Kier alpha value is -2.07. The van der Waals surface area contributed by atoms with Gasteiger partial charge in [0.25, 0.3) is 0 Å². The molecule has 90 valence electrons. The first kappa shape index (κ1) is 11.0. The summed E-state index contributed by atoms with van der Waals surface area (Å²) in [5.41, 5.74) is 10.00. The van der Waals surface area contributed by atoms with Crippen molar-refractivity contribution in [1.29, 1.82) is 0 Å². The minimum Gasteiger partial charge on any atom is -0.369 e. The van der Waals surface area contributed by atoms with Gasteiger partial charge in [-0.1, -0.05) is 35.9 Å². The maximum Gasteiger partial charge on any atom is 0.198 e. The Labute approximate surface area is 109 Å². The number of nitrogens with one attached hydrogen (secondary N) is 1. The number of benzene rings is 1. The second-order valence-electron chi connectivity index (χ2n) is 4.09. The molecule has 0 aliphatic heterocycles. The smallest absolute Gasteiger partial charge is 0.198 e. The Morgan fingerprint density at radius 3 is 2.61 bits per heavy atom. The van der Waals surface area contributed by atoms with Crippen LogP contribution in [0, 0.1) is 0 Å². The van der Waals surface area contributed by atoms with Gasteiger partial charge in [-0.15, -0.1) is 0 Å². The summed E-state index contributed by atoms with van der Waals surface area (Å²) >= 11 is 5.63. The van der Waals surface area contributed by atoms with Crippen molar-refractivity contribution >= 4 is 28.6 Å². The van der Waals surface area contributed by atoms with Crippen LogP contribution in [-0.2, 0) is 6.42 Å². The Balaban J connectivity index is 0.000000122. The predicted molar refractivity (Wildman–Crippen MR) is 72.6 cm³/mol. The lowest BCUT2D eigenvalue weighted by Crippen LogP contribution is -1.84. The number of rotatable bonds is 0. The third-order valence-corrected chi connectivity index (χ3v) is 2.93. The maximum atomic E-state index is 5.63. The normalized spacial score (nSPS) is 11.6. The van der Waals surface area contributed by atoms with Crippen LogP contribution in [0.2, 0.25) is 5.15 Å². The monoisotopic (exact) mass is 258 g/mol. The molecule has 1 aromatic carbocycles. The number of fused-ring (bicyclic) bond motifs is 2. The molecule has 0 fully saturated rings. The van der Waals surface area contributed by atoms with E-state index < -0.39 is 0 Å². The van der Waals surface area contributed by atoms with Crippen molar-refractivity contribution in [2.24, 2.45) is 0 Å². The highest BCUT2D eigenvalue weighted by Gasteiger charge is 2.12. The number of anilines is 1. The molecule has 1 aliphatic rings. The van der Waals surface area contributed by atoms with Crippen molar-refractivity contribution in [2.75, 3.05) is 5.73 Å². The first-order valence-electron chi connectivity index (χ1n) is 5.56. The van der Waals surface area contributed by atoms with Gasteiger partial charge in [0.15, 0.2) is 5.95 Å². The van der Waals surface area contributed by atoms with Gasteiger partial charge in [0.1, 0.15) is 10.7 Å². The third kappa shape index (κ3) is 2.28. The molecule has 0 unspecified atom stereocenters. The van der Waals surface area contributed by atoms with Crippen LogP contribution in [0.15, 0.2) is 36.5 Å². The van der Waals surface area contributed by atoms with Crippen LogP contribution < -0.4 is 5.73 Å². The van der Waals surface area contributed by atoms with Crippen molar-refractivity contribution in [2.45, 2.75) is 6.42 Å². The van der Waals surface area contributed by atoms with Crippen LogP contribution >= 0.6 is 11.6 Å². The molecule has 0 spiro atoms. The fourth-order valence-electron chi connectivity index (χ4n) is 1.74. The lowest BCUT2D eigenvalue weighted by molar-refractivity contribution is 1.33. The molecule has 3 N–H and O–H groups in total. The standard InChI is InChI=1S/C7H6.C6H5ClN4/c1-2-4-7-5-6(7)3-1;7-5-1-3-4(2-9-5)11-6(8)10-3/h1-4H,5H2;1-2H,(H3,8,10,11). The fraction of sp³-hybridized carbons (Fsp3) is 0.0769. The Morgan fingerprint density at radius 2 is 1.94 bits per heavy atom. The number of imidazole rings is 1. The van der Waals surface area contributed by atoms with Crippen molar-refractivity contribution in [3.63, 3.8) is 0 Å². The van der Waals surface area contributed by atoms with E-state index in [4.69, 9.17) is 17.3 Å². The van der Waals surface area contributed by atoms with Crippen LogP contribution in [0.25, 0.3) is 11.0 Å². The van der Waals surface area contributed by atoms with Crippen LogP contribution in [0.1, 0.15) is 11.1 Å². The van der Waals surface area contributed by atoms with Gasteiger partial charge in [-0.25, -0.2) is 9.97 Å². The average molecular weight is 259 g/mol. The van der Waals surface area contributed by atoms with Gasteiger partial charge in [0, 0.05) is 6.07 Å². The van der Waals surface area contributed by atoms with Crippen LogP contribution in [0.4, 0.5) is 5.95 Å². The van der Waals surface area contributed by atoms with Crippen LogP contribution in [0.3, 0.4) is 0 Å². The summed E-state index contributed by atoms with van der Waals surface area (Å²) in [5, 5.41) is 0.432.